The van der Waals surface area contributed by atoms with Gasteiger partial charge in [0.15, 0.2) is 18.2 Å². The van der Waals surface area contributed by atoms with E-state index < -0.39 is 121 Å². The van der Waals surface area contributed by atoms with E-state index in [1.54, 1.807) is 0 Å². The molecule has 9 aliphatic rings. The molecule has 16 heteroatoms. The predicted molar refractivity (Wildman–Crippen MR) is 193 cm³/mol. The molecule has 0 aromatic carbocycles. The molecule has 16 nitrogen and oxygen atoms in total. The highest BCUT2D eigenvalue weighted by Crippen LogP contribution is 2.83. The van der Waals surface area contributed by atoms with Gasteiger partial charge in [-0.3, -0.25) is 4.79 Å². The lowest BCUT2D eigenvalue weighted by Crippen LogP contribution is -2.76. The number of carbonyl (C=O) groups is 1. The van der Waals surface area contributed by atoms with E-state index in [0.717, 1.165) is 12.8 Å². The molecule has 0 amide bonds. The zero-order valence-corrected chi connectivity index (χ0v) is 33.3. The molecule has 0 radical (unpaired) electrons. The molecule has 0 aromatic rings. The Morgan fingerprint density at radius 3 is 2.14 bits per heavy atom. The van der Waals surface area contributed by atoms with Gasteiger partial charge in [0.1, 0.15) is 66.5 Å². The van der Waals surface area contributed by atoms with Crippen molar-refractivity contribution in [3.63, 3.8) is 0 Å². The second-order valence-corrected chi connectivity index (χ2v) is 20.1. The first-order chi connectivity index (χ1) is 26.7. The minimum atomic E-state index is -1.75. The highest BCUT2D eigenvalue weighted by atomic mass is 16.7. The van der Waals surface area contributed by atoms with Crippen LogP contribution in [0.4, 0.5) is 0 Å². The summed E-state index contributed by atoms with van der Waals surface area (Å²) < 4.78 is 37.6. The lowest BCUT2D eigenvalue weighted by Gasteiger charge is -2.72. The standard InChI is InChI=1S/C41H62O16/c1-15-11-22(55-35-29(50)27(48)25(46)21(54-35)14-52-34-28(49)26(47)24(45)20(13-42)53-34)40-10-9-39(6)38(5)8-7-18-17(3)23(44)19(43)12-37(18,4)32(38)30-33(56-30)41(39,57-36(40)51)31(40)16(15)2/h15-16,18-35,42-50H,3,7-14H2,1-2,4-6H3. The number of ether oxygens (including phenoxy) is 6. The summed E-state index contributed by atoms with van der Waals surface area (Å²) in [5.74, 6) is -0.660. The van der Waals surface area contributed by atoms with Crippen LogP contribution >= 0.6 is 0 Å². The quantitative estimate of drug-likeness (QED) is 0.0874. The molecule has 4 saturated heterocycles. The summed E-state index contributed by atoms with van der Waals surface area (Å²) in [5.41, 5.74) is -2.77. The topological polar surface area (TPSA) is 258 Å². The Morgan fingerprint density at radius 2 is 1.46 bits per heavy atom. The van der Waals surface area contributed by atoms with E-state index >= 15 is 0 Å². The number of rotatable bonds is 6. The van der Waals surface area contributed by atoms with E-state index in [-0.39, 0.29) is 47.1 Å². The Labute approximate surface area is 332 Å². The Morgan fingerprint density at radius 1 is 0.807 bits per heavy atom. The number of fused-ring (bicyclic) bond motifs is 6. The van der Waals surface area contributed by atoms with Crippen molar-refractivity contribution in [2.24, 2.45) is 51.2 Å². The van der Waals surface area contributed by atoms with Crippen molar-refractivity contribution < 1.29 is 79.2 Å². The van der Waals surface area contributed by atoms with Crippen LogP contribution in [0.1, 0.15) is 73.1 Å². The smallest absolute Gasteiger partial charge is 0.315 e. The number of epoxide rings is 1. The monoisotopic (exact) mass is 810 g/mol. The minimum Gasteiger partial charge on any atom is -0.455 e. The molecular weight excluding hydrogens is 748 g/mol. The van der Waals surface area contributed by atoms with Gasteiger partial charge in [0.05, 0.1) is 31.5 Å². The van der Waals surface area contributed by atoms with E-state index in [9.17, 15) is 50.8 Å². The number of carbonyl (C=O) groups excluding carboxylic acids is 1. The molecule has 322 valence electrons. The number of esters is 1. The number of hydrogen-bond donors (Lipinski definition) is 9. The maximum Gasteiger partial charge on any atom is 0.315 e. The summed E-state index contributed by atoms with van der Waals surface area (Å²) in [6, 6.07) is 0. The lowest BCUT2D eigenvalue weighted by atomic mass is 9.31. The maximum atomic E-state index is 14.9. The molecule has 5 aliphatic carbocycles. The molecule has 1 spiro atoms. The summed E-state index contributed by atoms with van der Waals surface area (Å²) in [5, 5.41) is 95.7. The van der Waals surface area contributed by atoms with Crippen molar-refractivity contribution in [1.82, 2.24) is 0 Å². The summed E-state index contributed by atoms with van der Waals surface area (Å²) in [6.45, 7) is 14.2. The van der Waals surface area contributed by atoms with Gasteiger partial charge in [0.2, 0.25) is 0 Å². The summed E-state index contributed by atoms with van der Waals surface area (Å²) in [7, 11) is 0. The summed E-state index contributed by atoms with van der Waals surface area (Å²) in [4.78, 5) is 14.9. The zero-order valence-electron chi connectivity index (χ0n) is 33.3. The Bertz CT molecular complexity index is 1630. The molecule has 5 saturated carbocycles. The fraction of sp³-hybridized carbons (Fsp3) is 0.927. The molecular formula is C41H62O16. The van der Waals surface area contributed by atoms with Gasteiger partial charge in [0.25, 0.3) is 0 Å². The van der Waals surface area contributed by atoms with Gasteiger partial charge in [0, 0.05) is 11.3 Å². The van der Waals surface area contributed by atoms with Crippen LogP contribution in [0.15, 0.2) is 12.2 Å². The molecule has 9 N–H and O–H groups in total. The average molecular weight is 811 g/mol. The molecule has 9 fully saturated rings. The average Bonchev–Trinajstić information content (AvgIpc) is 3.92. The van der Waals surface area contributed by atoms with E-state index in [1.807, 2.05) is 0 Å². The van der Waals surface area contributed by atoms with Crippen LogP contribution in [-0.2, 0) is 33.2 Å². The van der Waals surface area contributed by atoms with Crippen LogP contribution in [0.5, 0.6) is 0 Å². The third-order valence-corrected chi connectivity index (χ3v) is 17.9. The Kier molecular flexibility index (Phi) is 9.59. The SMILES string of the molecule is C=C1C(O)C(O)CC2(C)C1CCC1(C)C2C2OC2C23OC(=O)C4(CCC12C)C(OC1OC(COC2OC(CO)C(O)C(O)C2O)C(O)C(O)C1O)CC(C)C(C)C43. The highest BCUT2D eigenvalue weighted by molar-refractivity contribution is 5.83. The van der Waals surface area contributed by atoms with E-state index in [1.165, 1.54) is 0 Å². The Balaban J connectivity index is 1.00. The van der Waals surface area contributed by atoms with Crippen molar-refractivity contribution in [3.8, 4) is 0 Å². The molecule has 57 heavy (non-hydrogen) atoms. The molecule has 2 bridgehead atoms. The van der Waals surface area contributed by atoms with Crippen molar-refractivity contribution >= 4 is 5.97 Å². The van der Waals surface area contributed by atoms with Gasteiger partial charge in [-0.15, -0.1) is 0 Å². The fourth-order valence-electron chi connectivity index (χ4n) is 14.7. The first-order valence-electron chi connectivity index (χ1n) is 21.0. The van der Waals surface area contributed by atoms with Crippen LogP contribution < -0.4 is 0 Å². The van der Waals surface area contributed by atoms with E-state index in [0.29, 0.717) is 31.3 Å². The van der Waals surface area contributed by atoms with E-state index in [4.69, 9.17) is 28.4 Å². The molecule has 4 aliphatic heterocycles. The molecule has 0 aromatic heterocycles. The second kappa shape index (κ2) is 13.3. The van der Waals surface area contributed by atoms with Gasteiger partial charge >= 0.3 is 5.97 Å². The van der Waals surface area contributed by atoms with Crippen molar-refractivity contribution in [3.05, 3.63) is 12.2 Å². The lowest BCUT2D eigenvalue weighted by molar-refractivity contribution is -0.346. The summed E-state index contributed by atoms with van der Waals surface area (Å²) in [6.07, 6.45) is -15.6. The van der Waals surface area contributed by atoms with Gasteiger partial charge < -0.3 is 74.4 Å². The molecule has 4 heterocycles. The van der Waals surface area contributed by atoms with Gasteiger partial charge in [-0.2, -0.15) is 0 Å². The molecule has 25 unspecified atom stereocenters. The molecule has 9 rings (SSSR count). The molecule has 25 atom stereocenters. The number of aliphatic hydroxyl groups excluding tert-OH is 9. The fourth-order valence-corrected chi connectivity index (χ4v) is 14.7. The van der Waals surface area contributed by atoms with Crippen LogP contribution in [-0.4, -0.2) is 163 Å². The van der Waals surface area contributed by atoms with E-state index in [2.05, 4.69) is 41.2 Å². The van der Waals surface area contributed by atoms with Crippen molar-refractivity contribution in [2.75, 3.05) is 13.2 Å². The van der Waals surface area contributed by atoms with Crippen LogP contribution in [0.2, 0.25) is 0 Å². The van der Waals surface area contributed by atoms with Crippen LogP contribution in [0, 0.1) is 51.2 Å². The minimum absolute atomic E-state index is 0.00331. The van der Waals surface area contributed by atoms with Gasteiger partial charge in [-0.05, 0) is 78.6 Å². The largest absolute Gasteiger partial charge is 0.455 e. The first kappa shape index (κ1) is 41.0. The summed E-state index contributed by atoms with van der Waals surface area (Å²) >= 11 is 0. The van der Waals surface area contributed by atoms with Crippen molar-refractivity contribution in [1.29, 1.82) is 0 Å². The third-order valence-electron chi connectivity index (χ3n) is 17.9. The number of aliphatic hydroxyl groups is 9. The van der Waals surface area contributed by atoms with Crippen LogP contribution in [0.25, 0.3) is 0 Å². The Hall–Kier alpha value is -1.35. The maximum absolute atomic E-state index is 14.9. The predicted octanol–water partition coefficient (Wildman–Crippen LogP) is -1.13. The van der Waals surface area contributed by atoms with Gasteiger partial charge in [-0.1, -0.05) is 41.2 Å². The van der Waals surface area contributed by atoms with Crippen LogP contribution in [0.3, 0.4) is 0 Å². The zero-order chi connectivity index (χ0) is 41.1. The third kappa shape index (κ3) is 5.08. The highest BCUT2D eigenvalue weighted by Gasteiger charge is 2.90. The van der Waals surface area contributed by atoms with Gasteiger partial charge in [-0.25, -0.2) is 0 Å². The second-order valence-electron chi connectivity index (χ2n) is 20.1. The van der Waals surface area contributed by atoms with Crippen molar-refractivity contribution in [2.45, 2.75) is 171 Å². The first-order valence-corrected chi connectivity index (χ1v) is 21.0. The number of hydrogen-bond acceptors (Lipinski definition) is 16. The normalized spacial score (nSPS) is 61.7.